The number of carbonyl (C=O) groups is 1. The number of nitrogens with zero attached hydrogens (tertiary/aromatic N) is 2. The summed E-state index contributed by atoms with van der Waals surface area (Å²) < 4.78 is 0. The van der Waals surface area contributed by atoms with Crippen molar-refractivity contribution >= 4 is 11.6 Å². The quantitative estimate of drug-likeness (QED) is 0.634. The van der Waals surface area contributed by atoms with E-state index in [-0.39, 0.29) is 17.4 Å². The standard InChI is InChI=1S/C13H22N4O/c1-9(13(2,3)4)17(5)12(18)10-8-15-7-6-11(10)16-14/h6-9H,14H2,1-5H3,(H,15,16). The van der Waals surface area contributed by atoms with E-state index in [0.717, 1.165) is 0 Å². The van der Waals surface area contributed by atoms with Crippen LogP contribution in [0.1, 0.15) is 38.1 Å². The molecule has 0 aliphatic carbocycles. The zero-order valence-corrected chi connectivity index (χ0v) is 11.7. The molecule has 0 saturated heterocycles. The van der Waals surface area contributed by atoms with Crippen LogP contribution in [0.4, 0.5) is 5.69 Å². The summed E-state index contributed by atoms with van der Waals surface area (Å²) in [5.74, 6) is 5.32. The molecule has 18 heavy (non-hydrogen) atoms. The van der Waals surface area contributed by atoms with Crippen LogP contribution in [0, 0.1) is 5.41 Å². The highest BCUT2D eigenvalue weighted by atomic mass is 16.2. The van der Waals surface area contributed by atoms with Gasteiger partial charge in [-0.15, -0.1) is 0 Å². The lowest BCUT2D eigenvalue weighted by Crippen LogP contribution is -2.43. The van der Waals surface area contributed by atoms with Crippen molar-refractivity contribution in [3.63, 3.8) is 0 Å². The van der Waals surface area contributed by atoms with Gasteiger partial charge < -0.3 is 10.3 Å². The molecule has 0 saturated carbocycles. The fourth-order valence-electron chi connectivity index (χ4n) is 1.64. The van der Waals surface area contributed by atoms with E-state index in [1.54, 1.807) is 24.2 Å². The number of anilines is 1. The molecule has 5 heteroatoms. The highest BCUT2D eigenvalue weighted by Gasteiger charge is 2.28. The molecular formula is C13H22N4O. The molecule has 0 aromatic carbocycles. The Hall–Kier alpha value is -1.62. The predicted molar refractivity (Wildman–Crippen MR) is 73.1 cm³/mol. The first kappa shape index (κ1) is 14.4. The number of hydrazine groups is 1. The number of pyridine rings is 1. The van der Waals surface area contributed by atoms with Gasteiger partial charge in [-0.3, -0.25) is 15.6 Å². The molecule has 1 aromatic rings. The Labute approximate surface area is 108 Å². The van der Waals surface area contributed by atoms with Gasteiger partial charge >= 0.3 is 0 Å². The summed E-state index contributed by atoms with van der Waals surface area (Å²) in [7, 11) is 1.80. The number of hydrogen-bond acceptors (Lipinski definition) is 4. The van der Waals surface area contributed by atoms with Crippen LogP contribution in [-0.4, -0.2) is 28.9 Å². The van der Waals surface area contributed by atoms with Crippen LogP contribution in [0.5, 0.6) is 0 Å². The maximum atomic E-state index is 12.4. The summed E-state index contributed by atoms with van der Waals surface area (Å²) in [5, 5.41) is 0. The zero-order valence-electron chi connectivity index (χ0n) is 11.7. The van der Waals surface area contributed by atoms with Crippen LogP contribution >= 0.6 is 0 Å². The number of nitrogens with one attached hydrogen (secondary N) is 1. The number of nitrogens with two attached hydrogens (primary N) is 1. The van der Waals surface area contributed by atoms with E-state index in [0.29, 0.717) is 11.3 Å². The molecule has 1 aromatic heterocycles. The monoisotopic (exact) mass is 250 g/mol. The smallest absolute Gasteiger partial charge is 0.257 e. The topological polar surface area (TPSA) is 71.2 Å². The van der Waals surface area contributed by atoms with Gasteiger partial charge in [0.15, 0.2) is 0 Å². The Morgan fingerprint density at radius 1 is 1.50 bits per heavy atom. The van der Waals surface area contributed by atoms with E-state index >= 15 is 0 Å². The van der Waals surface area contributed by atoms with Crippen LogP contribution in [0.25, 0.3) is 0 Å². The van der Waals surface area contributed by atoms with Gasteiger partial charge in [0.1, 0.15) is 0 Å². The maximum absolute atomic E-state index is 12.4. The average molecular weight is 250 g/mol. The van der Waals surface area contributed by atoms with Gasteiger partial charge in [0.05, 0.1) is 11.3 Å². The summed E-state index contributed by atoms with van der Waals surface area (Å²) in [4.78, 5) is 18.1. The predicted octanol–water partition coefficient (Wildman–Crippen LogP) is 1.87. The summed E-state index contributed by atoms with van der Waals surface area (Å²) >= 11 is 0. The van der Waals surface area contributed by atoms with E-state index in [2.05, 4.69) is 31.2 Å². The fraction of sp³-hybridized carbons (Fsp3) is 0.538. The Balaban J connectivity index is 3.00. The molecule has 1 rings (SSSR count). The van der Waals surface area contributed by atoms with Crippen molar-refractivity contribution in [2.75, 3.05) is 12.5 Å². The molecule has 0 fully saturated rings. The van der Waals surface area contributed by atoms with Gasteiger partial charge in [-0.05, 0) is 18.4 Å². The molecule has 1 heterocycles. The van der Waals surface area contributed by atoms with Crippen molar-refractivity contribution in [1.82, 2.24) is 9.88 Å². The normalized spacial score (nSPS) is 13.0. The van der Waals surface area contributed by atoms with E-state index in [4.69, 9.17) is 5.84 Å². The summed E-state index contributed by atoms with van der Waals surface area (Å²) in [6.07, 6.45) is 3.13. The Bertz CT molecular complexity index is 425. The third-order valence-corrected chi connectivity index (χ3v) is 3.36. The summed E-state index contributed by atoms with van der Waals surface area (Å²) in [6.45, 7) is 8.34. The van der Waals surface area contributed by atoms with Gasteiger partial charge in [0.25, 0.3) is 5.91 Å². The number of carbonyl (C=O) groups excluding carboxylic acids is 1. The molecule has 0 radical (unpaired) electrons. The Morgan fingerprint density at radius 3 is 2.61 bits per heavy atom. The molecular weight excluding hydrogens is 228 g/mol. The SMILES string of the molecule is CC(N(C)C(=O)c1cnccc1NN)C(C)(C)C. The number of aromatic nitrogens is 1. The van der Waals surface area contributed by atoms with Crippen molar-refractivity contribution < 1.29 is 4.79 Å². The van der Waals surface area contributed by atoms with Gasteiger partial charge in [0.2, 0.25) is 0 Å². The molecule has 0 aliphatic heterocycles. The van der Waals surface area contributed by atoms with E-state index < -0.39 is 0 Å². The van der Waals surface area contributed by atoms with Crippen LogP contribution in [-0.2, 0) is 0 Å². The summed E-state index contributed by atoms with van der Waals surface area (Å²) in [5.41, 5.74) is 3.61. The lowest BCUT2D eigenvalue weighted by molar-refractivity contribution is 0.0630. The van der Waals surface area contributed by atoms with Gasteiger partial charge in [-0.1, -0.05) is 20.8 Å². The highest BCUT2D eigenvalue weighted by Crippen LogP contribution is 2.25. The second-order valence-corrected chi connectivity index (χ2v) is 5.52. The first-order valence-electron chi connectivity index (χ1n) is 5.96. The first-order chi connectivity index (χ1) is 8.29. The Morgan fingerprint density at radius 2 is 2.11 bits per heavy atom. The van der Waals surface area contributed by atoms with Crippen molar-refractivity contribution in [2.24, 2.45) is 11.3 Å². The number of rotatable bonds is 3. The number of nitrogen functional groups attached to an aromatic ring is 1. The molecule has 1 unspecified atom stereocenters. The highest BCUT2D eigenvalue weighted by molar-refractivity contribution is 5.99. The molecule has 0 spiro atoms. The van der Waals surface area contributed by atoms with Crippen LogP contribution in [0.3, 0.4) is 0 Å². The van der Waals surface area contributed by atoms with Gasteiger partial charge in [-0.25, -0.2) is 0 Å². The number of hydrogen-bond donors (Lipinski definition) is 2. The summed E-state index contributed by atoms with van der Waals surface area (Å²) in [6, 6.07) is 1.79. The van der Waals surface area contributed by atoms with E-state index in [1.165, 1.54) is 6.20 Å². The minimum atomic E-state index is -0.0847. The lowest BCUT2D eigenvalue weighted by atomic mass is 9.87. The molecule has 0 bridgehead atoms. The van der Waals surface area contributed by atoms with Crippen LogP contribution in [0.2, 0.25) is 0 Å². The molecule has 100 valence electrons. The first-order valence-corrected chi connectivity index (χ1v) is 5.96. The molecule has 1 atom stereocenters. The second kappa shape index (κ2) is 5.35. The maximum Gasteiger partial charge on any atom is 0.257 e. The minimum Gasteiger partial charge on any atom is -0.338 e. The largest absolute Gasteiger partial charge is 0.338 e. The van der Waals surface area contributed by atoms with Crippen LogP contribution < -0.4 is 11.3 Å². The second-order valence-electron chi connectivity index (χ2n) is 5.52. The van der Waals surface area contributed by atoms with Crippen molar-refractivity contribution in [1.29, 1.82) is 0 Å². The minimum absolute atomic E-state index is 0.0168. The molecule has 5 nitrogen and oxygen atoms in total. The zero-order chi connectivity index (χ0) is 13.9. The van der Waals surface area contributed by atoms with Crippen molar-refractivity contribution in [3.05, 3.63) is 24.0 Å². The van der Waals surface area contributed by atoms with E-state index in [1.807, 2.05) is 6.92 Å². The number of amides is 1. The molecule has 3 N–H and O–H groups in total. The van der Waals surface area contributed by atoms with Gasteiger partial charge in [0, 0.05) is 25.5 Å². The van der Waals surface area contributed by atoms with E-state index in [9.17, 15) is 4.79 Å². The third kappa shape index (κ3) is 2.98. The van der Waals surface area contributed by atoms with Crippen molar-refractivity contribution in [2.45, 2.75) is 33.7 Å². The Kier molecular flexibility index (Phi) is 4.29. The molecule has 1 amide bonds. The average Bonchev–Trinajstić information content (AvgIpc) is 2.34. The lowest BCUT2D eigenvalue weighted by Gasteiger charge is -2.35. The molecule has 0 aliphatic rings. The third-order valence-electron chi connectivity index (χ3n) is 3.36. The van der Waals surface area contributed by atoms with Crippen LogP contribution in [0.15, 0.2) is 18.5 Å². The fourth-order valence-corrected chi connectivity index (χ4v) is 1.64. The van der Waals surface area contributed by atoms with Gasteiger partial charge in [-0.2, -0.15) is 0 Å². The van der Waals surface area contributed by atoms with Crippen molar-refractivity contribution in [3.8, 4) is 0 Å².